The zero-order chi connectivity index (χ0) is 14.9. The van der Waals surface area contributed by atoms with E-state index in [-0.39, 0.29) is 17.9 Å². The van der Waals surface area contributed by atoms with E-state index in [0.29, 0.717) is 5.56 Å². The molecule has 0 aliphatic carbocycles. The van der Waals surface area contributed by atoms with Crippen LogP contribution < -0.4 is 4.74 Å². The molecule has 0 saturated carbocycles. The second kappa shape index (κ2) is 5.16. The quantitative estimate of drug-likeness (QED) is 0.889. The van der Waals surface area contributed by atoms with E-state index in [2.05, 4.69) is 0 Å². The van der Waals surface area contributed by atoms with Crippen LogP contribution in [0.15, 0.2) is 23.8 Å². The van der Waals surface area contributed by atoms with Gasteiger partial charge >= 0.3 is 11.9 Å². The normalized spacial score (nSPS) is 18.0. The molecular formula is C13H11F3O4. The standard InChI is InChI=1S/C13H11F3O4/c14-6-13(15,16)11-9(12(18)19)4-8-3-7(5-17)1-2-10(8)20-11/h1-4,11,17H,5-6H2,(H,18,19). The maximum Gasteiger partial charge on any atom is 0.335 e. The molecule has 1 aliphatic rings. The Morgan fingerprint density at radius 3 is 2.65 bits per heavy atom. The molecule has 1 heterocycles. The largest absolute Gasteiger partial charge is 0.478 e. The summed E-state index contributed by atoms with van der Waals surface area (Å²) in [4.78, 5) is 11.0. The van der Waals surface area contributed by atoms with Crippen LogP contribution in [0.4, 0.5) is 13.2 Å². The van der Waals surface area contributed by atoms with Crippen molar-refractivity contribution in [1.82, 2.24) is 0 Å². The Morgan fingerprint density at radius 2 is 2.10 bits per heavy atom. The average Bonchev–Trinajstić information content (AvgIpc) is 2.45. The lowest BCUT2D eigenvalue weighted by molar-refractivity contribution is -0.139. The van der Waals surface area contributed by atoms with Crippen molar-refractivity contribution < 1.29 is 32.9 Å². The van der Waals surface area contributed by atoms with Crippen LogP contribution in [0.1, 0.15) is 11.1 Å². The minimum absolute atomic E-state index is 0.0188. The maximum absolute atomic E-state index is 13.4. The fourth-order valence-corrected chi connectivity index (χ4v) is 1.91. The molecule has 1 atom stereocenters. The van der Waals surface area contributed by atoms with E-state index >= 15 is 0 Å². The Balaban J connectivity index is 2.50. The van der Waals surface area contributed by atoms with Crippen LogP contribution in [-0.2, 0) is 11.4 Å². The lowest BCUT2D eigenvalue weighted by Gasteiger charge is -2.30. The molecule has 1 aliphatic heterocycles. The highest BCUT2D eigenvalue weighted by Gasteiger charge is 2.48. The summed E-state index contributed by atoms with van der Waals surface area (Å²) in [5.41, 5.74) is -0.000798. The summed E-state index contributed by atoms with van der Waals surface area (Å²) in [5.74, 6) is -5.52. The van der Waals surface area contributed by atoms with Crippen LogP contribution in [0.2, 0.25) is 0 Å². The lowest BCUT2D eigenvalue weighted by Crippen LogP contribution is -2.44. The highest BCUT2D eigenvalue weighted by atomic mass is 19.3. The van der Waals surface area contributed by atoms with Crippen molar-refractivity contribution in [3.8, 4) is 5.75 Å². The smallest absolute Gasteiger partial charge is 0.335 e. The molecule has 0 saturated heterocycles. The molecule has 1 aromatic carbocycles. The Bertz CT molecular complexity index is 569. The molecule has 108 valence electrons. The van der Waals surface area contributed by atoms with Crippen molar-refractivity contribution in [2.45, 2.75) is 18.6 Å². The topological polar surface area (TPSA) is 66.8 Å². The summed E-state index contributed by atoms with van der Waals surface area (Å²) >= 11 is 0. The van der Waals surface area contributed by atoms with Gasteiger partial charge in [-0.2, -0.15) is 8.78 Å². The Kier molecular flexibility index (Phi) is 3.71. The number of alkyl halides is 3. The zero-order valence-electron chi connectivity index (χ0n) is 10.1. The van der Waals surface area contributed by atoms with Gasteiger partial charge in [-0.25, -0.2) is 9.18 Å². The summed E-state index contributed by atoms with van der Waals surface area (Å²) < 4.78 is 44.2. The molecule has 2 rings (SSSR count). The molecule has 1 unspecified atom stereocenters. The first-order valence-corrected chi connectivity index (χ1v) is 5.68. The molecule has 7 heteroatoms. The predicted molar refractivity (Wildman–Crippen MR) is 63.3 cm³/mol. The molecule has 0 radical (unpaired) electrons. The number of hydrogen-bond acceptors (Lipinski definition) is 3. The van der Waals surface area contributed by atoms with Gasteiger partial charge in [0.15, 0.2) is 12.8 Å². The fourth-order valence-electron chi connectivity index (χ4n) is 1.91. The number of aliphatic carboxylic acids is 1. The molecule has 0 bridgehead atoms. The third-order valence-corrected chi connectivity index (χ3v) is 2.90. The predicted octanol–water partition coefficient (Wildman–Crippen LogP) is 2.01. The summed E-state index contributed by atoms with van der Waals surface area (Å²) in [6, 6.07) is 4.20. The van der Waals surface area contributed by atoms with Gasteiger partial charge in [-0.1, -0.05) is 6.07 Å². The second-order valence-electron chi connectivity index (χ2n) is 4.33. The van der Waals surface area contributed by atoms with Gasteiger partial charge in [0.1, 0.15) is 5.75 Å². The number of halogens is 3. The van der Waals surface area contributed by atoms with Crippen molar-refractivity contribution in [3.63, 3.8) is 0 Å². The van der Waals surface area contributed by atoms with E-state index in [1.165, 1.54) is 18.2 Å². The number of carboxylic acids is 1. The molecule has 2 N–H and O–H groups in total. The Hall–Kier alpha value is -2.02. The van der Waals surface area contributed by atoms with Gasteiger partial charge in [0.05, 0.1) is 12.2 Å². The lowest BCUT2D eigenvalue weighted by atomic mass is 9.97. The molecule has 0 amide bonds. The van der Waals surface area contributed by atoms with Crippen molar-refractivity contribution in [1.29, 1.82) is 0 Å². The third kappa shape index (κ3) is 2.49. The summed E-state index contributed by atoms with van der Waals surface area (Å²) in [6.07, 6.45) is -1.17. The van der Waals surface area contributed by atoms with E-state index in [1.54, 1.807) is 0 Å². The third-order valence-electron chi connectivity index (χ3n) is 2.90. The number of benzene rings is 1. The van der Waals surface area contributed by atoms with E-state index in [4.69, 9.17) is 14.9 Å². The van der Waals surface area contributed by atoms with Crippen molar-refractivity contribution in [2.24, 2.45) is 0 Å². The molecule has 1 aromatic rings. The number of carboxylic acid groups (broad SMARTS) is 1. The number of hydrogen-bond donors (Lipinski definition) is 2. The molecule has 4 nitrogen and oxygen atoms in total. The summed E-state index contributed by atoms with van der Waals surface area (Å²) in [6.45, 7) is -2.31. The van der Waals surface area contributed by atoms with Crippen LogP contribution in [0.3, 0.4) is 0 Å². The number of rotatable bonds is 4. The van der Waals surface area contributed by atoms with E-state index < -0.39 is 30.2 Å². The Morgan fingerprint density at radius 1 is 1.40 bits per heavy atom. The first kappa shape index (κ1) is 14.4. The highest BCUT2D eigenvalue weighted by molar-refractivity contribution is 5.95. The first-order chi connectivity index (χ1) is 9.39. The molecule has 0 spiro atoms. The molecule has 20 heavy (non-hydrogen) atoms. The number of carbonyl (C=O) groups is 1. The maximum atomic E-state index is 13.4. The monoisotopic (exact) mass is 288 g/mol. The van der Waals surface area contributed by atoms with Gasteiger partial charge in [-0.05, 0) is 23.8 Å². The Labute approximate surface area is 112 Å². The summed E-state index contributed by atoms with van der Waals surface area (Å²) in [5, 5.41) is 18.0. The van der Waals surface area contributed by atoms with Gasteiger partial charge in [0.2, 0.25) is 0 Å². The number of ether oxygens (including phenoxy) is 1. The van der Waals surface area contributed by atoms with Gasteiger partial charge in [-0.3, -0.25) is 0 Å². The minimum Gasteiger partial charge on any atom is -0.478 e. The molecular weight excluding hydrogens is 277 g/mol. The van der Waals surface area contributed by atoms with Gasteiger partial charge in [-0.15, -0.1) is 0 Å². The van der Waals surface area contributed by atoms with Crippen LogP contribution in [-0.4, -0.2) is 34.9 Å². The van der Waals surface area contributed by atoms with Gasteiger partial charge in [0.25, 0.3) is 0 Å². The minimum atomic E-state index is -3.93. The van der Waals surface area contributed by atoms with Crippen LogP contribution in [0.5, 0.6) is 5.75 Å². The average molecular weight is 288 g/mol. The fraction of sp³-hybridized carbons (Fsp3) is 0.308. The van der Waals surface area contributed by atoms with Gasteiger partial charge in [0, 0.05) is 5.56 Å². The molecule has 0 aromatic heterocycles. The molecule has 0 fully saturated rings. The first-order valence-electron chi connectivity index (χ1n) is 5.68. The number of aliphatic hydroxyl groups excluding tert-OH is 1. The zero-order valence-corrected chi connectivity index (χ0v) is 10.1. The summed E-state index contributed by atoms with van der Waals surface area (Å²) in [7, 11) is 0. The van der Waals surface area contributed by atoms with Gasteiger partial charge < -0.3 is 14.9 Å². The second-order valence-corrected chi connectivity index (χ2v) is 4.33. The van der Waals surface area contributed by atoms with Crippen LogP contribution in [0, 0.1) is 0 Å². The van der Waals surface area contributed by atoms with Crippen LogP contribution >= 0.6 is 0 Å². The SMILES string of the molecule is O=C(O)C1=Cc2cc(CO)ccc2OC1C(F)(F)CF. The van der Waals surface area contributed by atoms with E-state index in [1.807, 2.05) is 0 Å². The van der Waals surface area contributed by atoms with E-state index in [0.717, 1.165) is 6.08 Å². The van der Waals surface area contributed by atoms with Crippen molar-refractivity contribution in [2.75, 3.05) is 6.67 Å². The van der Waals surface area contributed by atoms with Crippen molar-refractivity contribution in [3.05, 3.63) is 34.9 Å². The number of fused-ring (bicyclic) bond motifs is 1. The van der Waals surface area contributed by atoms with E-state index in [9.17, 15) is 18.0 Å². The number of aliphatic hydroxyl groups is 1. The van der Waals surface area contributed by atoms with Crippen LogP contribution in [0.25, 0.3) is 6.08 Å². The van der Waals surface area contributed by atoms with Crippen molar-refractivity contribution >= 4 is 12.0 Å². The highest BCUT2D eigenvalue weighted by Crippen LogP contribution is 2.37.